The number of ether oxygens (including phenoxy) is 1. The first-order chi connectivity index (χ1) is 9.45. The van der Waals surface area contributed by atoms with Gasteiger partial charge in [-0.3, -0.25) is 4.79 Å². The Kier molecular flexibility index (Phi) is 6.09. The van der Waals surface area contributed by atoms with Crippen LogP contribution in [0.25, 0.3) is 0 Å². The first-order valence-corrected chi connectivity index (χ1v) is 6.86. The highest BCUT2D eigenvalue weighted by atomic mass is 16.5. The van der Waals surface area contributed by atoms with E-state index in [0.29, 0.717) is 17.9 Å². The molecule has 1 aromatic rings. The van der Waals surface area contributed by atoms with Gasteiger partial charge in [-0.15, -0.1) is 0 Å². The van der Waals surface area contributed by atoms with Crippen molar-refractivity contribution in [3.05, 3.63) is 18.0 Å². The maximum atomic E-state index is 11.9. The van der Waals surface area contributed by atoms with Crippen molar-refractivity contribution in [3.63, 3.8) is 0 Å². The number of nitrogens with two attached hydrogens (primary N) is 1. The van der Waals surface area contributed by atoms with E-state index >= 15 is 0 Å². The van der Waals surface area contributed by atoms with Crippen LogP contribution in [0.1, 0.15) is 50.1 Å². The van der Waals surface area contributed by atoms with Crippen molar-refractivity contribution in [2.75, 3.05) is 18.9 Å². The highest BCUT2D eigenvalue weighted by molar-refractivity contribution is 5.91. The Morgan fingerprint density at radius 2 is 2.15 bits per heavy atom. The summed E-state index contributed by atoms with van der Waals surface area (Å²) in [5, 5.41) is 2.69. The largest absolute Gasteiger partial charge is 0.451 e. The molecule has 0 aliphatic rings. The number of anilines is 1. The maximum Gasteiger partial charge on any atom is 0.355 e. The fourth-order valence-corrected chi connectivity index (χ4v) is 1.75. The topological polar surface area (TPSA) is 86.3 Å². The molecular weight excluding hydrogens is 258 g/mol. The normalized spacial score (nSPS) is 10.6. The molecule has 0 unspecified atom stereocenters. The zero-order valence-electron chi connectivity index (χ0n) is 12.3. The lowest BCUT2D eigenvalue weighted by Crippen LogP contribution is -2.29. The number of unbranched alkanes of at least 4 members (excludes halogenated alkanes) is 1. The maximum absolute atomic E-state index is 11.9. The number of esters is 1. The second-order valence-corrected chi connectivity index (χ2v) is 4.94. The summed E-state index contributed by atoms with van der Waals surface area (Å²) in [6.45, 7) is 6.24. The molecule has 1 amide bonds. The smallest absolute Gasteiger partial charge is 0.355 e. The van der Waals surface area contributed by atoms with E-state index in [2.05, 4.69) is 5.32 Å². The van der Waals surface area contributed by atoms with Crippen LogP contribution in [0.2, 0.25) is 0 Å². The zero-order chi connectivity index (χ0) is 15.1. The number of aromatic nitrogens is 1. The van der Waals surface area contributed by atoms with Crippen molar-refractivity contribution in [1.29, 1.82) is 0 Å². The summed E-state index contributed by atoms with van der Waals surface area (Å²) in [4.78, 5) is 23.4. The van der Waals surface area contributed by atoms with Gasteiger partial charge in [0.1, 0.15) is 5.69 Å². The minimum absolute atomic E-state index is 0.0910. The second kappa shape index (κ2) is 7.57. The molecule has 0 saturated heterocycles. The summed E-state index contributed by atoms with van der Waals surface area (Å²) in [7, 11) is 0. The summed E-state index contributed by atoms with van der Waals surface area (Å²) in [5.41, 5.74) is 6.54. The third-order valence-corrected chi connectivity index (χ3v) is 2.82. The molecule has 6 nitrogen and oxygen atoms in total. The van der Waals surface area contributed by atoms with Crippen LogP contribution in [-0.2, 0) is 9.53 Å². The van der Waals surface area contributed by atoms with E-state index in [1.807, 2.05) is 20.8 Å². The minimum atomic E-state index is -0.541. The quantitative estimate of drug-likeness (QED) is 0.588. The summed E-state index contributed by atoms with van der Waals surface area (Å²) in [6, 6.07) is 1.64. The summed E-state index contributed by atoms with van der Waals surface area (Å²) in [6.07, 6.45) is 3.59. The molecule has 1 aromatic heterocycles. The monoisotopic (exact) mass is 281 g/mol. The Hall–Kier alpha value is -1.98. The van der Waals surface area contributed by atoms with Gasteiger partial charge in [0, 0.05) is 18.8 Å². The van der Waals surface area contributed by atoms with Crippen molar-refractivity contribution in [2.24, 2.45) is 0 Å². The fourth-order valence-electron chi connectivity index (χ4n) is 1.75. The van der Waals surface area contributed by atoms with E-state index in [1.165, 1.54) is 0 Å². The molecule has 112 valence electrons. The molecule has 0 aromatic carbocycles. The van der Waals surface area contributed by atoms with Crippen LogP contribution in [0.4, 0.5) is 5.69 Å². The number of amides is 1. The van der Waals surface area contributed by atoms with Gasteiger partial charge in [0.2, 0.25) is 0 Å². The molecule has 0 saturated carbocycles. The van der Waals surface area contributed by atoms with Crippen molar-refractivity contribution in [2.45, 2.75) is 39.7 Å². The first kappa shape index (κ1) is 16.1. The molecule has 0 spiro atoms. The molecule has 0 fully saturated rings. The van der Waals surface area contributed by atoms with E-state index in [-0.39, 0.29) is 18.6 Å². The third-order valence-electron chi connectivity index (χ3n) is 2.82. The molecule has 0 aliphatic heterocycles. The number of rotatable bonds is 7. The molecule has 0 bridgehead atoms. The van der Waals surface area contributed by atoms with Crippen LogP contribution in [0.15, 0.2) is 12.3 Å². The van der Waals surface area contributed by atoms with E-state index in [1.54, 1.807) is 16.8 Å². The van der Waals surface area contributed by atoms with Crippen LogP contribution in [0, 0.1) is 0 Å². The minimum Gasteiger partial charge on any atom is -0.451 e. The zero-order valence-corrected chi connectivity index (χ0v) is 12.3. The Labute approximate surface area is 119 Å². The van der Waals surface area contributed by atoms with Crippen molar-refractivity contribution < 1.29 is 14.3 Å². The van der Waals surface area contributed by atoms with Crippen LogP contribution in [0.5, 0.6) is 0 Å². The molecule has 0 radical (unpaired) electrons. The van der Waals surface area contributed by atoms with Gasteiger partial charge in [-0.2, -0.15) is 0 Å². The van der Waals surface area contributed by atoms with Crippen LogP contribution < -0.4 is 11.1 Å². The predicted octanol–water partition coefficient (Wildman–Crippen LogP) is 1.72. The standard InChI is InChI=1S/C14H23N3O3/c1-4-5-6-16-13(18)9-20-14(19)12-7-11(15)8-17(12)10(2)3/h7-8,10H,4-6,9,15H2,1-3H3,(H,16,18). The number of carbonyl (C=O) groups is 2. The van der Waals surface area contributed by atoms with E-state index < -0.39 is 5.97 Å². The SMILES string of the molecule is CCCCNC(=O)COC(=O)c1cc(N)cn1C(C)C. The Balaban J connectivity index is 2.53. The lowest BCUT2D eigenvalue weighted by atomic mass is 10.3. The van der Waals surface area contributed by atoms with E-state index in [0.717, 1.165) is 12.8 Å². The Bertz CT molecular complexity index is 466. The van der Waals surface area contributed by atoms with Gasteiger partial charge in [-0.25, -0.2) is 4.79 Å². The van der Waals surface area contributed by atoms with E-state index in [9.17, 15) is 9.59 Å². The summed E-state index contributed by atoms with van der Waals surface area (Å²) < 4.78 is 6.73. The number of nitrogens with one attached hydrogen (secondary N) is 1. The van der Waals surface area contributed by atoms with Crippen LogP contribution in [0.3, 0.4) is 0 Å². The van der Waals surface area contributed by atoms with Gasteiger partial charge >= 0.3 is 5.97 Å². The van der Waals surface area contributed by atoms with Crippen LogP contribution >= 0.6 is 0 Å². The molecular formula is C14H23N3O3. The highest BCUT2D eigenvalue weighted by Gasteiger charge is 2.17. The van der Waals surface area contributed by atoms with Crippen molar-refractivity contribution in [3.8, 4) is 0 Å². The predicted molar refractivity (Wildman–Crippen MR) is 77.4 cm³/mol. The lowest BCUT2D eigenvalue weighted by Gasteiger charge is -2.12. The van der Waals surface area contributed by atoms with Gasteiger partial charge in [-0.1, -0.05) is 13.3 Å². The number of nitrogen functional groups attached to an aromatic ring is 1. The fraction of sp³-hybridized carbons (Fsp3) is 0.571. The van der Waals surface area contributed by atoms with E-state index in [4.69, 9.17) is 10.5 Å². The van der Waals surface area contributed by atoms with Crippen LogP contribution in [-0.4, -0.2) is 29.6 Å². The molecule has 1 rings (SSSR count). The number of carbonyl (C=O) groups excluding carboxylic acids is 2. The first-order valence-electron chi connectivity index (χ1n) is 6.86. The molecule has 0 aliphatic carbocycles. The van der Waals surface area contributed by atoms with Gasteiger partial charge in [-0.05, 0) is 26.3 Å². The molecule has 1 heterocycles. The Morgan fingerprint density at radius 3 is 2.75 bits per heavy atom. The van der Waals surface area contributed by atoms with Gasteiger partial charge in [0.05, 0.1) is 5.69 Å². The van der Waals surface area contributed by atoms with Crippen molar-refractivity contribution in [1.82, 2.24) is 9.88 Å². The lowest BCUT2D eigenvalue weighted by molar-refractivity contribution is -0.124. The Morgan fingerprint density at radius 1 is 1.45 bits per heavy atom. The summed E-state index contributed by atoms with van der Waals surface area (Å²) >= 11 is 0. The number of nitrogens with zero attached hydrogens (tertiary/aromatic N) is 1. The number of hydrogen-bond donors (Lipinski definition) is 2. The summed E-state index contributed by atoms with van der Waals surface area (Å²) in [5.74, 6) is -0.830. The molecule has 6 heteroatoms. The van der Waals surface area contributed by atoms with Gasteiger partial charge in [0.25, 0.3) is 5.91 Å². The average Bonchev–Trinajstić information content (AvgIpc) is 2.78. The number of hydrogen-bond acceptors (Lipinski definition) is 4. The highest BCUT2D eigenvalue weighted by Crippen LogP contribution is 2.17. The second-order valence-electron chi connectivity index (χ2n) is 4.94. The van der Waals surface area contributed by atoms with Gasteiger partial charge < -0.3 is 20.4 Å². The average molecular weight is 281 g/mol. The molecule has 0 atom stereocenters. The molecule has 3 N–H and O–H groups in total. The third kappa shape index (κ3) is 4.60. The van der Waals surface area contributed by atoms with Gasteiger partial charge in [0.15, 0.2) is 6.61 Å². The van der Waals surface area contributed by atoms with Crippen molar-refractivity contribution >= 4 is 17.6 Å². The molecule has 20 heavy (non-hydrogen) atoms.